The summed E-state index contributed by atoms with van der Waals surface area (Å²) in [5, 5.41) is 4.95. The number of nitrogens with one attached hydrogen (secondary N) is 1. The van der Waals surface area contributed by atoms with Crippen molar-refractivity contribution in [1.82, 2.24) is 10.4 Å². The molecule has 0 saturated heterocycles. The van der Waals surface area contributed by atoms with E-state index in [0.29, 0.717) is 5.56 Å². The van der Waals surface area contributed by atoms with Gasteiger partial charge in [-0.2, -0.15) is 5.10 Å². The van der Waals surface area contributed by atoms with E-state index < -0.39 is 0 Å². The highest BCUT2D eigenvalue weighted by Gasteiger charge is 2.08. The number of fused-ring (bicyclic) bond motifs is 1. The maximum atomic E-state index is 12.3. The largest absolute Gasteiger partial charge is 0.497 e. The van der Waals surface area contributed by atoms with Crippen molar-refractivity contribution in [3.63, 3.8) is 0 Å². The lowest BCUT2D eigenvalue weighted by Gasteiger charge is -2.02. The molecule has 0 unspecified atom stereocenters. The molecule has 1 heterocycles. The summed E-state index contributed by atoms with van der Waals surface area (Å²) in [4.78, 5) is 16.9. The molecular weight excluding hydrogens is 370 g/mol. The van der Waals surface area contributed by atoms with Crippen LogP contribution in [0.15, 0.2) is 77.9 Å². The van der Waals surface area contributed by atoms with E-state index in [-0.39, 0.29) is 5.91 Å². The molecular formula is C22H17N3O2S. The first kappa shape index (κ1) is 17.9. The third-order valence-electron chi connectivity index (χ3n) is 4.16. The Kier molecular flexibility index (Phi) is 5.12. The van der Waals surface area contributed by atoms with E-state index in [1.807, 2.05) is 54.6 Å². The van der Waals surface area contributed by atoms with Crippen LogP contribution in [-0.2, 0) is 0 Å². The van der Waals surface area contributed by atoms with E-state index in [1.165, 1.54) is 0 Å². The third-order valence-corrected chi connectivity index (χ3v) is 5.25. The van der Waals surface area contributed by atoms with Gasteiger partial charge in [-0.1, -0.05) is 36.4 Å². The summed E-state index contributed by atoms with van der Waals surface area (Å²) in [5.74, 6) is 0.468. The number of hydrazone groups is 1. The smallest absolute Gasteiger partial charge is 0.271 e. The van der Waals surface area contributed by atoms with E-state index in [4.69, 9.17) is 4.74 Å². The topological polar surface area (TPSA) is 63.6 Å². The van der Waals surface area contributed by atoms with E-state index >= 15 is 0 Å². The average Bonchev–Trinajstić information content (AvgIpc) is 3.18. The van der Waals surface area contributed by atoms with Crippen molar-refractivity contribution in [2.45, 2.75) is 0 Å². The van der Waals surface area contributed by atoms with Gasteiger partial charge in [-0.15, -0.1) is 11.3 Å². The summed E-state index contributed by atoms with van der Waals surface area (Å²) in [6.45, 7) is 0. The van der Waals surface area contributed by atoms with Crippen molar-refractivity contribution < 1.29 is 9.53 Å². The van der Waals surface area contributed by atoms with Crippen LogP contribution in [-0.4, -0.2) is 24.2 Å². The van der Waals surface area contributed by atoms with E-state index in [0.717, 1.165) is 32.1 Å². The fourth-order valence-electron chi connectivity index (χ4n) is 2.71. The summed E-state index contributed by atoms with van der Waals surface area (Å²) in [6.07, 6.45) is 1.58. The number of hydrogen-bond acceptors (Lipinski definition) is 5. The summed E-state index contributed by atoms with van der Waals surface area (Å²) < 4.78 is 6.31. The number of ether oxygens (including phenoxy) is 1. The number of aromatic nitrogens is 1. The van der Waals surface area contributed by atoms with Gasteiger partial charge < -0.3 is 4.74 Å². The fourth-order valence-corrected chi connectivity index (χ4v) is 3.68. The molecule has 28 heavy (non-hydrogen) atoms. The minimum absolute atomic E-state index is 0.269. The highest BCUT2D eigenvalue weighted by molar-refractivity contribution is 7.21. The van der Waals surface area contributed by atoms with Gasteiger partial charge >= 0.3 is 0 Å². The Balaban J connectivity index is 1.44. The standard InChI is InChI=1S/C22H17N3O2S/c1-27-18-6-4-5-15(13-18)14-23-25-21(26)16-9-11-17(12-10-16)22-24-19-7-2-3-8-20(19)28-22/h2-14H,1H3,(H,25,26)/b23-14+. The Labute approximate surface area is 166 Å². The van der Waals surface area contributed by atoms with Crippen LogP contribution in [0.4, 0.5) is 0 Å². The zero-order valence-corrected chi connectivity index (χ0v) is 15.9. The molecule has 0 bridgehead atoms. The number of carbonyl (C=O) groups excluding carboxylic acids is 1. The van der Waals surface area contributed by atoms with Gasteiger partial charge in [0.2, 0.25) is 0 Å². The molecule has 1 N–H and O–H groups in total. The van der Waals surface area contributed by atoms with Crippen molar-refractivity contribution in [3.8, 4) is 16.3 Å². The van der Waals surface area contributed by atoms with Crippen LogP contribution in [0.3, 0.4) is 0 Å². The van der Waals surface area contributed by atoms with Gasteiger partial charge in [-0.05, 0) is 42.0 Å². The molecule has 0 atom stereocenters. The number of thiazole rings is 1. The lowest BCUT2D eigenvalue weighted by Crippen LogP contribution is -2.17. The Hall–Kier alpha value is -3.51. The Morgan fingerprint density at radius 3 is 2.68 bits per heavy atom. The number of hydrogen-bond donors (Lipinski definition) is 1. The highest BCUT2D eigenvalue weighted by Crippen LogP contribution is 2.29. The molecule has 3 aromatic carbocycles. The summed E-state index contributed by atoms with van der Waals surface area (Å²) in [5.41, 5.74) is 5.88. The molecule has 138 valence electrons. The second kappa shape index (κ2) is 8.02. The number of para-hydroxylation sites is 1. The second-order valence-corrected chi connectivity index (χ2v) is 7.07. The van der Waals surface area contributed by atoms with Crippen LogP contribution in [0.5, 0.6) is 5.75 Å². The number of carbonyl (C=O) groups is 1. The SMILES string of the molecule is COc1cccc(/C=N/NC(=O)c2ccc(-c3nc4ccccc4s3)cc2)c1. The zero-order chi connectivity index (χ0) is 19.3. The monoisotopic (exact) mass is 387 g/mol. The number of nitrogens with zero attached hydrogens (tertiary/aromatic N) is 2. The summed E-state index contributed by atoms with van der Waals surface area (Å²) >= 11 is 1.63. The van der Waals surface area contributed by atoms with Crippen LogP contribution in [0.2, 0.25) is 0 Å². The summed E-state index contributed by atoms with van der Waals surface area (Å²) in [7, 11) is 1.61. The normalized spacial score (nSPS) is 11.0. The zero-order valence-electron chi connectivity index (χ0n) is 15.1. The van der Waals surface area contributed by atoms with Gasteiger partial charge in [0.05, 0.1) is 23.5 Å². The molecule has 0 aliphatic carbocycles. The average molecular weight is 387 g/mol. The molecule has 0 fully saturated rings. The molecule has 0 aliphatic heterocycles. The Bertz CT molecular complexity index is 1120. The second-order valence-electron chi connectivity index (χ2n) is 6.04. The van der Waals surface area contributed by atoms with Crippen LogP contribution in [0.25, 0.3) is 20.8 Å². The van der Waals surface area contributed by atoms with E-state index in [2.05, 4.69) is 21.6 Å². The lowest BCUT2D eigenvalue weighted by atomic mass is 10.1. The first-order valence-corrected chi connectivity index (χ1v) is 9.48. The lowest BCUT2D eigenvalue weighted by molar-refractivity contribution is 0.0955. The Morgan fingerprint density at radius 1 is 1.07 bits per heavy atom. The number of rotatable bonds is 5. The predicted molar refractivity (Wildman–Crippen MR) is 113 cm³/mol. The third kappa shape index (κ3) is 3.92. The first-order valence-electron chi connectivity index (χ1n) is 8.66. The van der Waals surface area contributed by atoms with Crippen molar-refractivity contribution in [1.29, 1.82) is 0 Å². The first-order chi connectivity index (χ1) is 13.7. The van der Waals surface area contributed by atoms with Crippen molar-refractivity contribution >= 4 is 33.7 Å². The number of methoxy groups -OCH3 is 1. The molecule has 4 aromatic rings. The number of amides is 1. The molecule has 1 aromatic heterocycles. The van der Waals surface area contributed by atoms with Crippen LogP contribution in [0, 0.1) is 0 Å². The predicted octanol–water partition coefficient (Wildman–Crippen LogP) is 4.74. The van der Waals surface area contributed by atoms with Crippen molar-refractivity contribution in [2.75, 3.05) is 7.11 Å². The van der Waals surface area contributed by atoms with Gasteiger partial charge in [0, 0.05) is 11.1 Å². The van der Waals surface area contributed by atoms with Gasteiger partial charge in [0.15, 0.2) is 0 Å². The van der Waals surface area contributed by atoms with Crippen LogP contribution < -0.4 is 10.2 Å². The van der Waals surface area contributed by atoms with E-state index in [1.54, 1.807) is 36.8 Å². The maximum absolute atomic E-state index is 12.3. The highest BCUT2D eigenvalue weighted by atomic mass is 32.1. The molecule has 0 aliphatic rings. The molecule has 1 amide bonds. The summed E-state index contributed by atoms with van der Waals surface area (Å²) in [6, 6.07) is 22.8. The molecule has 5 nitrogen and oxygen atoms in total. The molecule has 4 rings (SSSR count). The van der Waals surface area contributed by atoms with Gasteiger partial charge in [0.25, 0.3) is 5.91 Å². The minimum Gasteiger partial charge on any atom is -0.497 e. The van der Waals surface area contributed by atoms with Crippen molar-refractivity contribution in [3.05, 3.63) is 83.9 Å². The van der Waals surface area contributed by atoms with Gasteiger partial charge in [-0.25, -0.2) is 10.4 Å². The molecule has 0 spiro atoms. The molecule has 6 heteroatoms. The van der Waals surface area contributed by atoms with Crippen LogP contribution in [0.1, 0.15) is 15.9 Å². The van der Waals surface area contributed by atoms with Gasteiger partial charge in [-0.3, -0.25) is 4.79 Å². The molecule has 0 radical (unpaired) electrons. The number of benzene rings is 3. The fraction of sp³-hybridized carbons (Fsp3) is 0.0455. The van der Waals surface area contributed by atoms with Crippen molar-refractivity contribution in [2.24, 2.45) is 5.10 Å². The van der Waals surface area contributed by atoms with Gasteiger partial charge in [0.1, 0.15) is 10.8 Å². The van der Waals surface area contributed by atoms with E-state index in [9.17, 15) is 4.79 Å². The quantitative estimate of drug-likeness (QED) is 0.397. The van der Waals surface area contributed by atoms with Crippen LogP contribution >= 0.6 is 11.3 Å². The maximum Gasteiger partial charge on any atom is 0.271 e. The minimum atomic E-state index is -0.269. The molecule has 0 saturated carbocycles. The Morgan fingerprint density at radius 2 is 1.89 bits per heavy atom.